The minimum atomic E-state index is 0.126. The quantitative estimate of drug-likeness (QED) is 0.794. The van der Waals surface area contributed by atoms with Gasteiger partial charge in [0.05, 0.1) is 22.0 Å². The molecule has 0 aromatic carbocycles. The van der Waals surface area contributed by atoms with Crippen molar-refractivity contribution in [2.75, 3.05) is 7.05 Å². The molecule has 0 saturated carbocycles. The van der Waals surface area contributed by atoms with Crippen LogP contribution in [0.3, 0.4) is 0 Å². The minimum absolute atomic E-state index is 0.126. The third-order valence-electron chi connectivity index (χ3n) is 3.29. The number of nitrogens with one attached hydrogen (secondary N) is 1. The van der Waals surface area contributed by atoms with Crippen LogP contribution in [0.1, 0.15) is 24.2 Å². The lowest BCUT2D eigenvalue weighted by Crippen LogP contribution is -2.21. The van der Waals surface area contributed by atoms with Gasteiger partial charge in [0.1, 0.15) is 0 Å². The first kappa shape index (κ1) is 12.3. The Bertz CT molecular complexity index is 685. The van der Waals surface area contributed by atoms with Crippen molar-refractivity contribution in [2.24, 2.45) is 0 Å². The molecular weight excluding hydrogens is 256 g/mol. The average molecular weight is 272 g/mol. The summed E-state index contributed by atoms with van der Waals surface area (Å²) in [6.07, 6.45) is 3.80. The normalized spacial score (nSPS) is 12.9. The summed E-state index contributed by atoms with van der Waals surface area (Å²) < 4.78 is 3.24. The second-order valence-electron chi connectivity index (χ2n) is 4.37. The lowest BCUT2D eigenvalue weighted by atomic mass is 10.1. The molecule has 3 heterocycles. The van der Waals surface area contributed by atoms with E-state index in [2.05, 4.69) is 45.9 Å². The fourth-order valence-electron chi connectivity index (χ4n) is 2.36. The van der Waals surface area contributed by atoms with Crippen molar-refractivity contribution in [1.29, 1.82) is 0 Å². The molecule has 0 saturated heterocycles. The smallest absolute Gasteiger partial charge is 0.0809 e. The summed E-state index contributed by atoms with van der Waals surface area (Å²) in [7, 11) is 1.97. The molecule has 0 aliphatic heterocycles. The molecule has 3 aromatic heterocycles. The number of aromatic nitrogens is 3. The van der Waals surface area contributed by atoms with E-state index in [1.165, 1.54) is 16.0 Å². The van der Waals surface area contributed by atoms with Crippen LogP contribution in [-0.2, 0) is 6.54 Å². The molecule has 0 aliphatic rings. The Balaban J connectivity index is 2.06. The van der Waals surface area contributed by atoms with Crippen LogP contribution in [0.5, 0.6) is 0 Å². The molecule has 5 heteroatoms. The van der Waals surface area contributed by atoms with E-state index < -0.39 is 0 Å². The van der Waals surface area contributed by atoms with E-state index in [1.54, 1.807) is 11.3 Å². The molecule has 0 bridgehead atoms. The van der Waals surface area contributed by atoms with Gasteiger partial charge in [0.25, 0.3) is 0 Å². The third kappa shape index (κ3) is 2.15. The fourth-order valence-corrected chi connectivity index (χ4v) is 3.15. The van der Waals surface area contributed by atoms with E-state index in [4.69, 9.17) is 0 Å². The highest BCUT2D eigenvalue weighted by atomic mass is 32.1. The SMILES string of the molecule is CCn1nccc1C(NC)c1cnc2ccsc2c1. The van der Waals surface area contributed by atoms with Gasteiger partial charge in [-0.15, -0.1) is 11.3 Å². The Hall–Kier alpha value is -1.72. The standard InChI is InChI=1S/C14H16N4S/c1-3-18-12(4-6-17-18)14(15-2)10-8-13-11(16-9-10)5-7-19-13/h4-9,14-15H,3H2,1-2H3. The first-order valence-electron chi connectivity index (χ1n) is 6.35. The Kier molecular flexibility index (Phi) is 3.31. The van der Waals surface area contributed by atoms with E-state index in [-0.39, 0.29) is 6.04 Å². The van der Waals surface area contributed by atoms with Gasteiger partial charge >= 0.3 is 0 Å². The Morgan fingerprint density at radius 2 is 2.32 bits per heavy atom. The second-order valence-corrected chi connectivity index (χ2v) is 5.31. The number of aryl methyl sites for hydroxylation is 1. The molecule has 0 amide bonds. The van der Waals surface area contributed by atoms with Crippen molar-refractivity contribution in [3.05, 3.63) is 47.2 Å². The van der Waals surface area contributed by atoms with Gasteiger partial charge in [-0.3, -0.25) is 9.67 Å². The zero-order valence-corrected chi connectivity index (χ0v) is 11.8. The largest absolute Gasteiger partial charge is 0.308 e. The highest BCUT2D eigenvalue weighted by molar-refractivity contribution is 7.17. The van der Waals surface area contributed by atoms with Gasteiger partial charge in [0.2, 0.25) is 0 Å². The molecule has 3 aromatic rings. The van der Waals surface area contributed by atoms with Gasteiger partial charge in [-0.2, -0.15) is 5.10 Å². The number of rotatable bonds is 4. The molecule has 3 rings (SSSR count). The molecular formula is C14H16N4S. The highest BCUT2D eigenvalue weighted by Gasteiger charge is 2.17. The summed E-state index contributed by atoms with van der Waals surface area (Å²) in [5, 5.41) is 9.77. The Labute approximate surface area is 116 Å². The van der Waals surface area contributed by atoms with Gasteiger partial charge in [-0.25, -0.2) is 0 Å². The first-order chi connectivity index (χ1) is 9.33. The summed E-state index contributed by atoms with van der Waals surface area (Å²) in [6.45, 7) is 2.97. The van der Waals surface area contributed by atoms with Gasteiger partial charge in [-0.1, -0.05) is 0 Å². The third-order valence-corrected chi connectivity index (χ3v) is 4.14. The van der Waals surface area contributed by atoms with Crippen molar-refractivity contribution in [3.63, 3.8) is 0 Å². The topological polar surface area (TPSA) is 42.7 Å². The molecule has 1 unspecified atom stereocenters. The number of fused-ring (bicyclic) bond motifs is 1. The maximum Gasteiger partial charge on any atom is 0.0809 e. The van der Waals surface area contributed by atoms with Crippen molar-refractivity contribution >= 4 is 21.6 Å². The number of nitrogens with zero attached hydrogens (tertiary/aromatic N) is 3. The lowest BCUT2D eigenvalue weighted by Gasteiger charge is -2.17. The Morgan fingerprint density at radius 1 is 1.42 bits per heavy atom. The molecule has 4 nitrogen and oxygen atoms in total. The molecule has 98 valence electrons. The van der Waals surface area contributed by atoms with E-state index in [9.17, 15) is 0 Å². The first-order valence-corrected chi connectivity index (χ1v) is 7.23. The number of thiophene rings is 1. The summed E-state index contributed by atoms with van der Waals surface area (Å²) in [6, 6.07) is 6.44. The number of hydrogen-bond acceptors (Lipinski definition) is 4. The minimum Gasteiger partial charge on any atom is -0.308 e. The predicted molar refractivity (Wildman–Crippen MR) is 78.4 cm³/mol. The monoisotopic (exact) mass is 272 g/mol. The van der Waals surface area contributed by atoms with Crippen LogP contribution >= 0.6 is 11.3 Å². The lowest BCUT2D eigenvalue weighted by molar-refractivity contribution is 0.563. The maximum atomic E-state index is 4.52. The number of hydrogen-bond donors (Lipinski definition) is 1. The number of pyridine rings is 1. The molecule has 19 heavy (non-hydrogen) atoms. The van der Waals surface area contributed by atoms with E-state index in [0.717, 1.165) is 12.1 Å². The zero-order chi connectivity index (χ0) is 13.2. The van der Waals surface area contributed by atoms with Crippen LogP contribution in [0.25, 0.3) is 10.2 Å². The van der Waals surface area contributed by atoms with Crippen LogP contribution in [0, 0.1) is 0 Å². The van der Waals surface area contributed by atoms with Crippen LogP contribution < -0.4 is 5.32 Å². The molecule has 0 aliphatic carbocycles. The molecule has 1 atom stereocenters. The molecule has 0 radical (unpaired) electrons. The van der Waals surface area contributed by atoms with E-state index in [0.29, 0.717) is 0 Å². The van der Waals surface area contributed by atoms with Gasteiger partial charge < -0.3 is 5.32 Å². The highest BCUT2D eigenvalue weighted by Crippen LogP contribution is 2.26. The molecule has 0 fully saturated rings. The van der Waals surface area contributed by atoms with Crippen molar-refractivity contribution in [3.8, 4) is 0 Å². The van der Waals surface area contributed by atoms with E-state index in [1.807, 2.05) is 24.1 Å². The predicted octanol–water partition coefficient (Wildman–Crippen LogP) is 2.82. The van der Waals surface area contributed by atoms with Crippen LogP contribution in [0.15, 0.2) is 36.0 Å². The fraction of sp³-hybridized carbons (Fsp3) is 0.286. The van der Waals surface area contributed by atoms with Crippen molar-refractivity contribution in [1.82, 2.24) is 20.1 Å². The average Bonchev–Trinajstić information content (AvgIpc) is 3.07. The maximum absolute atomic E-state index is 4.52. The zero-order valence-electron chi connectivity index (χ0n) is 11.0. The summed E-state index contributed by atoms with van der Waals surface area (Å²) in [4.78, 5) is 4.52. The van der Waals surface area contributed by atoms with Gasteiger partial charge in [0, 0.05) is 18.9 Å². The van der Waals surface area contributed by atoms with Crippen molar-refractivity contribution < 1.29 is 0 Å². The van der Waals surface area contributed by atoms with Gasteiger partial charge in [0.15, 0.2) is 0 Å². The van der Waals surface area contributed by atoms with Crippen LogP contribution in [0.2, 0.25) is 0 Å². The van der Waals surface area contributed by atoms with Crippen LogP contribution in [-0.4, -0.2) is 21.8 Å². The molecule has 0 spiro atoms. The summed E-state index contributed by atoms with van der Waals surface area (Å²) in [5.41, 5.74) is 3.41. The van der Waals surface area contributed by atoms with Crippen molar-refractivity contribution in [2.45, 2.75) is 19.5 Å². The summed E-state index contributed by atoms with van der Waals surface area (Å²) in [5.74, 6) is 0. The Morgan fingerprint density at radius 3 is 3.11 bits per heavy atom. The summed E-state index contributed by atoms with van der Waals surface area (Å²) >= 11 is 1.72. The second kappa shape index (κ2) is 5.11. The molecule has 1 N–H and O–H groups in total. The van der Waals surface area contributed by atoms with E-state index >= 15 is 0 Å². The van der Waals surface area contributed by atoms with Gasteiger partial charge in [-0.05, 0) is 43.1 Å². The van der Waals surface area contributed by atoms with Crippen LogP contribution in [0.4, 0.5) is 0 Å².